The van der Waals surface area contributed by atoms with Gasteiger partial charge in [-0.1, -0.05) is 24.3 Å². The number of carbonyl (C=O) groups excluding carboxylic acids is 3. The Morgan fingerprint density at radius 2 is 1.46 bits per heavy atom. The van der Waals surface area contributed by atoms with Crippen molar-refractivity contribution in [3.8, 4) is 11.3 Å². The lowest BCUT2D eigenvalue weighted by molar-refractivity contribution is -0.00330. The molecule has 1 saturated carbocycles. The van der Waals surface area contributed by atoms with Crippen LogP contribution in [-0.2, 0) is 40.3 Å². The average molecular weight is 741 g/mol. The zero-order chi connectivity index (χ0) is 37.3. The Labute approximate surface area is 300 Å². The third-order valence-corrected chi connectivity index (χ3v) is 9.39. The van der Waals surface area contributed by atoms with Crippen LogP contribution >= 0.6 is 0 Å². The van der Waals surface area contributed by atoms with Crippen LogP contribution in [0.3, 0.4) is 0 Å². The monoisotopic (exact) mass is 740 g/mol. The molecule has 0 radical (unpaired) electrons. The SMILES string of the molecule is CC(=O)c1ccc(COCCOCCOCCOCCN(c2cc3oc(-c4ccc(F)cc4)c(C(=O)OC(N)=O)c3cc2C2CC2)S(C)(=O)=O)cc1. The van der Waals surface area contributed by atoms with Gasteiger partial charge in [-0.25, -0.2) is 22.4 Å². The highest BCUT2D eigenvalue weighted by molar-refractivity contribution is 7.92. The number of ether oxygens (including phenoxy) is 5. The minimum absolute atomic E-state index is 0.00382. The fraction of sp³-hybridized carbons (Fsp3) is 0.378. The Hall–Kier alpha value is -4.67. The second kappa shape index (κ2) is 17.7. The van der Waals surface area contributed by atoms with Crippen LogP contribution in [0.4, 0.5) is 14.9 Å². The Bertz CT molecular complexity index is 1980. The topological polar surface area (TPSA) is 174 Å². The van der Waals surface area contributed by atoms with E-state index in [4.69, 9.17) is 33.8 Å². The summed E-state index contributed by atoms with van der Waals surface area (Å²) in [5.74, 6) is -1.50. The van der Waals surface area contributed by atoms with Crippen LogP contribution in [0.15, 0.2) is 65.1 Å². The minimum atomic E-state index is -3.80. The summed E-state index contributed by atoms with van der Waals surface area (Å²) in [5, 5.41) is 0.298. The Balaban J connectivity index is 1.14. The molecule has 1 fully saturated rings. The first-order valence-electron chi connectivity index (χ1n) is 16.7. The van der Waals surface area contributed by atoms with Gasteiger partial charge in [0.2, 0.25) is 10.0 Å². The summed E-state index contributed by atoms with van der Waals surface area (Å²) in [6.45, 7) is 4.01. The summed E-state index contributed by atoms with van der Waals surface area (Å²) in [4.78, 5) is 35.9. The lowest BCUT2D eigenvalue weighted by Gasteiger charge is -2.25. The van der Waals surface area contributed by atoms with E-state index in [1.54, 1.807) is 24.3 Å². The lowest BCUT2D eigenvalue weighted by atomic mass is 10.0. The molecule has 0 saturated heterocycles. The van der Waals surface area contributed by atoms with E-state index in [2.05, 4.69) is 0 Å². The Kier molecular flexibility index (Phi) is 13.1. The molecule has 1 aliphatic carbocycles. The van der Waals surface area contributed by atoms with Crippen LogP contribution in [0.2, 0.25) is 0 Å². The van der Waals surface area contributed by atoms with Crippen LogP contribution in [0.25, 0.3) is 22.3 Å². The third kappa shape index (κ3) is 10.4. The molecular weight excluding hydrogens is 699 g/mol. The molecule has 278 valence electrons. The van der Waals surface area contributed by atoms with Gasteiger partial charge in [-0.2, -0.15) is 0 Å². The molecule has 0 bridgehead atoms. The largest absolute Gasteiger partial charge is 0.455 e. The normalized spacial score (nSPS) is 13.0. The number of ketones is 1. The van der Waals surface area contributed by atoms with Gasteiger partial charge in [0.1, 0.15) is 22.7 Å². The van der Waals surface area contributed by atoms with E-state index in [9.17, 15) is 27.2 Å². The molecule has 13 nitrogen and oxygen atoms in total. The van der Waals surface area contributed by atoms with Crippen molar-refractivity contribution in [3.05, 3.63) is 88.7 Å². The number of nitrogens with two attached hydrogens (primary N) is 1. The van der Waals surface area contributed by atoms with Crippen molar-refractivity contribution in [1.82, 2.24) is 0 Å². The van der Waals surface area contributed by atoms with Crippen LogP contribution in [0, 0.1) is 5.82 Å². The van der Waals surface area contributed by atoms with E-state index in [1.807, 2.05) is 12.1 Å². The fourth-order valence-corrected chi connectivity index (χ4v) is 6.46. The summed E-state index contributed by atoms with van der Waals surface area (Å²) in [5.41, 5.74) is 8.21. The summed E-state index contributed by atoms with van der Waals surface area (Å²) in [7, 11) is -3.80. The number of hydrogen-bond donors (Lipinski definition) is 1. The van der Waals surface area contributed by atoms with Crippen LogP contribution in [0.1, 0.15) is 57.5 Å². The Morgan fingerprint density at radius 3 is 2.02 bits per heavy atom. The van der Waals surface area contributed by atoms with Crippen molar-refractivity contribution >= 4 is 44.5 Å². The van der Waals surface area contributed by atoms with E-state index in [-0.39, 0.29) is 55.0 Å². The van der Waals surface area contributed by atoms with E-state index in [0.29, 0.717) is 60.8 Å². The highest BCUT2D eigenvalue weighted by Gasteiger charge is 2.33. The predicted molar refractivity (Wildman–Crippen MR) is 189 cm³/mol. The van der Waals surface area contributed by atoms with Crippen molar-refractivity contribution < 1.29 is 55.3 Å². The molecule has 1 heterocycles. The number of sulfonamides is 1. The van der Waals surface area contributed by atoms with E-state index >= 15 is 0 Å². The van der Waals surface area contributed by atoms with Crippen LogP contribution < -0.4 is 10.0 Å². The van der Waals surface area contributed by atoms with Crippen molar-refractivity contribution in [2.75, 3.05) is 63.4 Å². The number of carbonyl (C=O) groups is 3. The molecule has 0 spiro atoms. The molecule has 1 aliphatic rings. The number of halogens is 1. The predicted octanol–water partition coefficient (Wildman–Crippen LogP) is 5.59. The van der Waals surface area contributed by atoms with Gasteiger partial charge < -0.3 is 33.8 Å². The number of furan rings is 1. The summed E-state index contributed by atoms with van der Waals surface area (Å²) >= 11 is 0. The van der Waals surface area contributed by atoms with Crippen molar-refractivity contribution in [3.63, 3.8) is 0 Å². The first-order valence-corrected chi connectivity index (χ1v) is 18.5. The number of anilines is 1. The first kappa shape index (κ1) is 38.6. The van der Waals surface area contributed by atoms with E-state index in [0.717, 1.165) is 24.7 Å². The number of Topliss-reactive ketones (excluding diaryl/α,β-unsaturated/α-hetero) is 1. The number of hydrogen-bond acceptors (Lipinski definition) is 11. The van der Waals surface area contributed by atoms with Crippen molar-refractivity contribution in [2.45, 2.75) is 32.3 Å². The molecule has 0 aliphatic heterocycles. The van der Waals surface area contributed by atoms with Gasteiger partial charge in [0.25, 0.3) is 0 Å². The molecule has 3 aromatic carbocycles. The molecule has 15 heteroatoms. The number of fused-ring (bicyclic) bond motifs is 1. The molecule has 0 unspecified atom stereocenters. The van der Waals surface area contributed by atoms with Crippen LogP contribution in [0.5, 0.6) is 0 Å². The standard InChI is InChI=1S/C37H41FN2O11S/c1-24(41)26-5-3-25(4-6-26)23-49-20-19-48-18-17-47-16-15-46-14-13-40(52(2,44)45)32-22-33-31(21-30(32)27-7-8-27)34(36(42)51-37(39)43)35(50-33)28-9-11-29(38)12-10-28/h3-6,9-12,21-22,27H,7-8,13-20,23H2,1-2H3,(H2,39,43). The number of nitrogens with zero attached hydrogens (tertiary/aromatic N) is 1. The minimum Gasteiger partial charge on any atom is -0.455 e. The van der Waals surface area contributed by atoms with E-state index in [1.165, 1.54) is 35.5 Å². The molecule has 4 aromatic rings. The highest BCUT2D eigenvalue weighted by atomic mass is 32.2. The molecule has 1 aromatic heterocycles. The van der Waals surface area contributed by atoms with Crippen molar-refractivity contribution in [1.29, 1.82) is 0 Å². The fourth-order valence-electron chi connectivity index (χ4n) is 5.53. The molecule has 1 amide bonds. The maximum atomic E-state index is 13.7. The number of primary amides is 1. The van der Waals surface area contributed by atoms with Gasteiger partial charge in [0.15, 0.2) is 5.78 Å². The maximum absolute atomic E-state index is 13.7. The summed E-state index contributed by atoms with van der Waals surface area (Å²) < 4.78 is 74.2. The molecule has 5 rings (SSSR count). The van der Waals surface area contributed by atoms with E-state index < -0.39 is 27.9 Å². The number of esters is 1. The second-order valence-corrected chi connectivity index (χ2v) is 14.1. The smallest absolute Gasteiger partial charge is 0.412 e. The maximum Gasteiger partial charge on any atom is 0.412 e. The van der Waals surface area contributed by atoms with Gasteiger partial charge in [-0.3, -0.25) is 9.10 Å². The van der Waals surface area contributed by atoms with Gasteiger partial charge in [-0.15, -0.1) is 0 Å². The Morgan fingerprint density at radius 1 is 0.865 bits per heavy atom. The third-order valence-electron chi connectivity index (χ3n) is 8.21. The number of amides is 1. The van der Waals surface area contributed by atoms with Gasteiger partial charge in [0.05, 0.1) is 71.3 Å². The number of benzene rings is 3. The summed E-state index contributed by atoms with van der Waals surface area (Å²) in [6.07, 6.45) is 1.40. The second-order valence-electron chi connectivity index (χ2n) is 12.2. The van der Waals surface area contributed by atoms with Crippen LogP contribution in [-0.4, -0.2) is 85.3 Å². The lowest BCUT2D eigenvalue weighted by Crippen LogP contribution is -2.34. The quantitative estimate of drug-likeness (QED) is 0.0518. The van der Waals surface area contributed by atoms with Crippen molar-refractivity contribution in [2.24, 2.45) is 5.73 Å². The average Bonchev–Trinajstić information content (AvgIpc) is 3.87. The molecule has 52 heavy (non-hydrogen) atoms. The zero-order valence-corrected chi connectivity index (χ0v) is 29.7. The number of rotatable bonds is 20. The zero-order valence-electron chi connectivity index (χ0n) is 28.9. The molecule has 2 N–H and O–H groups in total. The van der Waals surface area contributed by atoms with Gasteiger partial charge in [0, 0.05) is 22.6 Å². The summed E-state index contributed by atoms with van der Waals surface area (Å²) in [6, 6.07) is 15.7. The first-order chi connectivity index (χ1) is 24.9. The molecule has 0 atom stereocenters. The molecular formula is C37H41FN2O11S. The van der Waals surface area contributed by atoms with Gasteiger partial charge in [-0.05, 0) is 67.1 Å². The van der Waals surface area contributed by atoms with Gasteiger partial charge >= 0.3 is 12.1 Å². The highest BCUT2D eigenvalue weighted by Crippen LogP contribution is 2.48.